The van der Waals surface area contributed by atoms with Crippen molar-refractivity contribution in [1.29, 1.82) is 0 Å². The monoisotopic (exact) mass is 242 g/mol. The third-order valence-corrected chi connectivity index (χ3v) is 3.88. The van der Waals surface area contributed by atoms with Crippen LogP contribution in [0.15, 0.2) is 0 Å². The van der Waals surface area contributed by atoms with Gasteiger partial charge in [0.05, 0.1) is 6.61 Å². The molecule has 1 aliphatic rings. The summed E-state index contributed by atoms with van der Waals surface area (Å²) in [7, 11) is 1.81. The zero-order chi connectivity index (χ0) is 12.7. The van der Waals surface area contributed by atoms with Crippen LogP contribution in [-0.2, 0) is 4.74 Å². The average Bonchev–Trinajstić information content (AvgIpc) is 2.77. The fourth-order valence-corrected chi connectivity index (χ4v) is 2.62. The number of ether oxygens (including phenoxy) is 1. The molecule has 1 saturated heterocycles. The first-order valence-electron chi connectivity index (χ1n) is 7.12. The Morgan fingerprint density at radius 3 is 2.71 bits per heavy atom. The van der Waals surface area contributed by atoms with E-state index in [0.717, 1.165) is 31.5 Å². The van der Waals surface area contributed by atoms with Crippen LogP contribution in [0.2, 0.25) is 0 Å². The highest BCUT2D eigenvalue weighted by Gasteiger charge is 2.29. The van der Waals surface area contributed by atoms with Gasteiger partial charge in [-0.3, -0.25) is 4.90 Å². The molecule has 102 valence electrons. The minimum absolute atomic E-state index is 0.551. The summed E-state index contributed by atoms with van der Waals surface area (Å²) in [5, 5.41) is 3.52. The quantitative estimate of drug-likeness (QED) is 0.659. The van der Waals surface area contributed by atoms with E-state index in [1.807, 2.05) is 7.11 Å². The molecule has 0 bridgehead atoms. The fraction of sp³-hybridized carbons (Fsp3) is 1.00. The summed E-state index contributed by atoms with van der Waals surface area (Å²) < 4.78 is 5.36. The first-order valence-corrected chi connectivity index (χ1v) is 7.12. The van der Waals surface area contributed by atoms with Crippen molar-refractivity contribution in [2.24, 2.45) is 11.8 Å². The normalized spacial score (nSPS) is 23.5. The van der Waals surface area contributed by atoms with E-state index < -0.39 is 0 Å². The van der Waals surface area contributed by atoms with Crippen LogP contribution in [0.1, 0.15) is 33.6 Å². The highest BCUT2D eigenvalue weighted by atomic mass is 16.5. The summed E-state index contributed by atoms with van der Waals surface area (Å²) >= 11 is 0. The number of nitrogens with one attached hydrogen (secondary N) is 1. The average molecular weight is 242 g/mol. The number of hydrogen-bond donors (Lipinski definition) is 1. The highest BCUT2D eigenvalue weighted by molar-refractivity contribution is 4.83. The minimum Gasteiger partial charge on any atom is -0.383 e. The topological polar surface area (TPSA) is 24.5 Å². The molecule has 0 aromatic carbocycles. The Morgan fingerprint density at radius 1 is 1.41 bits per heavy atom. The summed E-state index contributed by atoms with van der Waals surface area (Å²) in [4.78, 5) is 2.61. The Bertz CT molecular complexity index is 197. The molecule has 1 aliphatic heterocycles. The molecular weight excluding hydrogens is 212 g/mol. The van der Waals surface area contributed by atoms with Gasteiger partial charge in [-0.05, 0) is 37.8 Å². The van der Waals surface area contributed by atoms with E-state index in [2.05, 4.69) is 31.0 Å². The molecule has 1 heterocycles. The second-order valence-electron chi connectivity index (χ2n) is 5.60. The molecule has 0 radical (unpaired) electrons. The molecule has 0 aliphatic carbocycles. The van der Waals surface area contributed by atoms with Gasteiger partial charge in [0.15, 0.2) is 0 Å². The number of hydrogen-bond acceptors (Lipinski definition) is 3. The predicted octanol–water partition coefficient (Wildman–Crippen LogP) is 1.98. The summed E-state index contributed by atoms with van der Waals surface area (Å²) in [6.45, 7) is 12.4. The van der Waals surface area contributed by atoms with E-state index in [1.165, 1.54) is 25.9 Å². The van der Waals surface area contributed by atoms with E-state index in [9.17, 15) is 0 Å². The second kappa shape index (κ2) is 8.06. The molecule has 0 amide bonds. The van der Waals surface area contributed by atoms with Gasteiger partial charge in [0, 0.05) is 26.2 Å². The zero-order valence-corrected chi connectivity index (χ0v) is 12.0. The van der Waals surface area contributed by atoms with Crippen molar-refractivity contribution in [2.45, 2.75) is 39.7 Å². The van der Waals surface area contributed by atoms with Crippen LogP contribution in [0, 0.1) is 11.8 Å². The smallest absolute Gasteiger partial charge is 0.0630 e. The molecule has 2 atom stereocenters. The second-order valence-corrected chi connectivity index (χ2v) is 5.60. The molecule has 0 aromatic heterocycles. The third kappa shape index (κ3) is 4.94. The van der Waals surface area contributed by atoms with Crippen molar-refractivity contribution in [1.82, 2.24) is 10.2 Å². The van der Waals surface area contributed by atoms with Crippen LogP contribution in [0.4, 0.5) is 0 Å². The molecule has 3 nitrogen and oxygen atoms in total. The van der Waals surface area contributed by atoms with Crippen LogP contribution < -0.4 is 5.32 Å². The highest BCUT2D eigenvalue weighted by Crippen LogP contribution is 2.25. The summed E-state index contributed by atoms with van der Waals surface area (Å²) in [6.07, 6.45) is 2.56. The van der Waals surface area contributed by atoms with Crippen LogP contribution >= 0.6 is 0 Å². The van der Waals surface area contributed by atoms with Crippen LogP contribution in [0.3, 0.4) is 0 Å². The first kappa shape index (κ1) is 14.9. The van der Waals surface area contributed by atoms with Crippen LogP contribution in [0.5, 0.6) is 0 Å². The summed E-state index contributed by atoms with van der Waals surface area (Å²) in [5.41, 5.74) is 0. The third-order valence-electron chi connectivity index (χ3n) is 3.88. The van der Waals surface area contributed by atoms with Gasteiger partial charge in [-0.15, -0.1) is 0 Å². The molecule has 0 saturated carbocycles. The number of likely N-dealkylation sites (tertiary alicyclic amines) is 1. The Balaban J connectivity index is 2.36. The van der Waals surface area contributed by atoms with Gasteiger partial charge in [-0.2, -0.15) is 0 Å². The summed E-state index contributed by atoms with van der Waals surface area (Å²) in [6, 6.07) is 0.551. The Labute approximate surface area is 107 Å². The molecule has 3 heteroatoms. The predicted molar refractivity (Wildman–Crippen MR) is 73.3 cm³/mol. The van der Waals surface area contributed by atoms with Gasteiger partial charge in [-0.1, -0.05) is 20.8 Å². The van der Waals surface area contributed by atoms with E-state index in [4.69, 9.17) is 4.74 Å². The molecule has 1 rings (SSSR count). The lowest BCUT2D eigenvalue weighted by Crippen LogP contribution is -2.44. The number of methoxy groups -OCH3 is 1. The van der Waals surface area contributed by atoms with E-state index >= 15 is 0 Å². The molecule has 2 unspecified atom stereocenters. The van der Waals surface area contributed by atoms with E-state index in [1.54, 1.807) is 0 Å². The molecule has 1 N–H and O–H groups in total. The lowest BCUT2D eigenvalue weighted by molar-refractivity contribution is 0.100. The Hall–Kier alpha value is -0.120. The molecular formula is C14H30N2O. The van der Waals surface area contributed by atoms with E-state index in [-0.39, 0.29) is 0 Å². The van der Waals surface area contributed by atoms with Crippen molar-refractivity contribution in [3.8, 4) is 0 Å². The number of nitrogens with zero attached hydrogens (tertiary/aromatic N) is 1. The van der Waals surface area contributed by atoms with E-state index in [0.29, 0.717) is 6.04 Å². The van der Waals surface area contributed by atoms with Crippen molar-refractivity contribution < 1.29 is 4.74 Å². The standard InChI is InChI=1S/C14H30N2O/c1-5-7-15-9-14(11-17-4)16-8-6-13(10-16)12(2)3/h12-15H,5-11H2,1-4H3. The van der Waals surface area contributed by atoms with Gasteiger partial charge in [-0.25, -0.2) is 0 Å². The van der Waals surface area contributed by atoms with Crippen molar-refractivity contribution in [3.63, 3.8) is 0 Å². The van der Waals surface area contributed by atoms with Gasteiger partial charge >= 0.3 is 0 Å². The van der Waals surface area contributed by atoms with Crippen LogP contribution in [0.25, 0.3) is 0 Å². The van der Waals surface area contributed by atoms with Gasteiger partial charge in [0.1, 0.15) is 0 Å². The number of rotatable bonds is 8. The first-order chi connectivity index (χ1) is 8.19. The van der Waals surface area contributed by atoms with Crippen molar-refractivity contribution in [2.75, 3.05) is 39.9 Å². The minimum atomic E-state index is 0.551. The maximum atomic E-state index is 5.36. The maximum absolute atomic E-state index is 5.36. The van der Waals surface area contributed by atoms with Crippen molar-refractivity contribution >= 4 is 0 Å². The Morgan fingerprint density at radius 2 is 2.18 bits per heavy atom. The van der Waals surface area contributed by atoms with Gasteiger partial charge < -0.3 is 10.1 Å². The lowest BCUT2D eigenvalue weighted by Gasteiger charge is -2.28. The molecule has 0 spiro atoms. The Kier molecular flexibility index (Phi) is 7.09. The van der Waals surface area contributed by atoms with Gasteiger partial charge in [0.2, 0.25) is 0 Å². The lowest BCUT2D eigenvalue weighted by atomic mass is 9.95. The maximum Gasteiger partial charge on any atom is 0.0630 e. The van der Waals surface area contributed by atoms with Crippen molar-refractivity contribution in [3.05, 3.63) is 0 Å². The fourth-order valence-electron chi connectivity index (χ4n) is 2.62. The molecule has 17 heavy (non-hydrogen) atoms. The summed E-state index contributed by atoms with van der Waals surface area (Å²) in [5.74, 6) is 1.69. The molecule has 1 fully saturated rings. The SMILES string of the molecule is CCCNCC(COC)N1CCC(C(C)C)C1. The van der Waals surface area contributed by atoms with Crippen LogP contribution in [-0.4, -0.2) is 50.8 Å². The zero-order valence-electron chi connectivity index (χ0n) is 12.0. The van der Waals surface area contributed by atoms with Gasteiger partial charge in [0.25, 0.3) is 0 Å². The largest absolute Gasteiger partial charge is 0.383 e. The molecule has 0 aromatic rings.